The molecule has 0 spiro atoms. The molecular weight excluding hydrogens is 156 g/mol. The fourth-order valence-corrected chi connectivity index (χ4v) is 0.713. The third-order valence-electron chi connectivity index (χ3n) is 1.21. The Bertz CT molecular complexity index is 293. The maximum Gasteiger partial charge on any atom is 0.188 e. The van der Waals surface area contributed by atoms with E-state index in [1.165, 1.54) is 13.3 Å². The van der Waals surface area contributed by atoms with Crippen molar-refractivity contribution in [3.05, 3.63) is 24.0 Å². The van der Waals surface area contributed by atoms with E-state index in [0.717, 1.165) is 0 Å². The highest BCUT2D eigenvalue weighted by atomic mass is 16.7. The Morgan fingerprint density at radius 1 is 1.67 bits per heavy atom. The molecule has 0 aromatic carbocycles. The Morgan fingerprint density at radius 3 is 3.17 bits per heavy atom. The summed E-state index contributed by atoms with van der Waals surface area (Å²) in [6, 6.07) is 5.28. The van der Waals surface area contributed by atoms with Crippen molar-refractivity contribution in [3.63, 3.8) is 0 Å². The second-order valence-corrected chi connectivity index (χ2v) is 2.01. The van der Waals surface area contributed by atoms with Crippen LogP contribution in [0.5, 0.6) is 5.75 Å². The molecule has 0 unspecified atom stereocenters. The molecule has 0 fully saturated rings. The third kappa shape index (κ3) is 1.94. The molecule has 0 atom stereocenters. The molecule has 0 aliphatic carbocycles. The highest BCUT2D eigenvalue weighted by molar-refractivity contribution is 5.36. The molecule has 0 aliphatic heterocycles. The summed E-state index contributed by atoms with van der Waals surface area (Å²) >= 11 is 0. The maximum absolute atomic E-state index is 8.58. The van der Waals surface area contributed by atoms with Gasteiger partial charge in [-0.2, -0.15) is 5.26 Å². The van der Waals surface area contributed by atoms with Gasteiger partial charge in [0.15, 0.2) is 18.2 Å². The normalized spacial score (nSPS) is 9.00. The first-order valence-corrected chi connectivity index (χ1v) is 3.35. The summed E-state index contributed by atoms with van der Waals surface area (Å²) in [7, 11) is 1.52. The number of hydrogen-bond donors (Lipinski definition) is 0. The molecule has 0 amide bonds. The minimum absolute atomic E-state index is 0.125. The predicted molar refractivity (Wildman–Crippen MR) is 41.5 cm³/mol. The van der Waals surface area contributed by atoms with Gasteiger partial charge >= 0.3 is 0 Å². The van der Waals surface area contributed by atoms with Crippen LogP contribution in [0, 0.1) is 11.3 Å². The Balaban J connectivity index is 2.77. The molecule has 0 saturated carbocycles. The fourth-order valence-electron chi connectivity index (χ4n) is 0.713. The van der Waals surface area contributed by atoms with Gasteiger partial charge in [-0.3, -0.25) is 0 Å². The van der Waals surface area contributed by atoms with Crippen LogP contribution in [-0.4, -0.2) is 18.9 Å². The molecule has 1 rings (SSSR count). The molecule has 1 aromatic rings. The largest absolute Gasteiger partial charge is 0.465 e. The molecule has 62 valence electrons. The smallest absolute Gasteiger partial charge is 0.188 e. The van der Waals surface area contributed by atoms with E-state index in [9.17, 15) is 0 Å². The van der Waals surface area contributed by atoms with Crippen molar-refractivity contribution in [2.45, 2.75) is 0 Å². The van der Waals surface area contributed by atoms with E-state index in [4.69, 9.17) is 10.00 Å². The Morgan fingerprint density at radius 2 is 2.50 bits per heavy atom. The summed E-state index contributed by atoms with van der Waals surface area (Å²) in [5.74, 6) is 0.446. The van der Waals surface area contributed by atoms with Gasteiger partial charge in [0.05, 0.1) is 0 Å². The van der Waals surface area contributed by atoms with Crippen LogP contribution in [0.2, 0.25) is 0 Å². The minimum Gasteiger partial charge on any atom is -0.465 e. The molecule has 0 aliphatic rings. The zero-order valence-electron chi connectivity index (χ0n) is 6.65. The molecule has 1 heterocycles. The number of aromatic nitrogens is 1. The number of nitrogens with zero attached hydrogens (tertiary/aromatic N) is 2. The van der Waals surface area contributed by atoms with Crippen LogP contribution in [0.15, 0.2) is 18.3 Å². The molecule has 0 radical (unpaired) electrons. The second-order valence-electron chi connectivity index (χ2n) is 2.01. The molecule has 4 nitrogen and oxygen atoms in total. The Kier molecular flexibility index (Phi) is 3.05. The van der Waals surface area contributed by atoms with Gasteiger partial charge < -0.3 is 9.47 Å². The number of ether oxygens (including phenoxy) is 2. The summed E-state index contributed by atoms with van der Waals surface area (Å²) in [4.78, 5) is 3.81. The van der Waals surface area contributed by atoms with Gasteiger partial charge in [0.1, 0.15) is 6.07 Å². The van der Waals surface area contributed by atoms with Crippen molar-refractivity contribution in [1.29, 1.82) is 5.26 Å². The zero-order chi connectivity index (χ0) is 8.81. The van der Waals surface area contributed by atoms with Crippen LogP contribution < -0.4 is 4.74 Å². The van der Waals surface area contributed by atoms with Gasteiger partial charge in [-0.15, -0.1) is 0 Å². The lowest BCUT2D eigenvalue weighted by molar-refractivity contribution is 0.0506. The molecule has 4 heteroatoms. The summed E-state index contributed by atoms with van der Waals surface area (Å²) in [5, 5.41) is 8.58. The number of methoxy groups -OCH3 is 1. The van der Waals surface area contributed by atoms with E-state index in [-0.39, 0.29) is 12.5 Å². The second kappa shape index (κ2) is 4.31. The molecule has 0 N–H and O–H groups in total. The van der Waals surface area contributed by atoms with Gasteiger partial charge in [-0.05, 0) is 12.1 Å². The van der Waals surface area contributed by atoms with E-state index >= 15 is 0 Å². The monoisotopic (exact) mass is 164 g/mol. The summed E-state index contributed by atoms with van der Waals surface area (Å²) in [6.07, 6.45) is 1.54. The van der Waals surface area contributed by atoms with Crippen LogP contribution in [0.1, 0.15) is 5.69 Å². The standard InChI is InChI=1S/C8H8N2O2/c1-11-6-12-8-3-2-4-10-7(8)5-9/h2-4H,6H2,1H3. The Labute approximate surface area is 70.4 Å². The van der Waals surface area contributed by atoms with Crippen molar-refractivity contribution >= 4 is 0 Å². The molecule has 0 bridgehead atoms. The van der Waals surface area contributed by atoms with Crippen LogP contribution >= 0.6 is 0 Å². The van der Waals surface area contributed by atoms with E-state index in [1.807, 2.05) is 6.07 Å². The first-order chi connectivity index (χ1) is 5.88. The van der Waals surface area contributed by atoms with Crippen molar-refractivity contribution in [1.82, 2.24) is 4.98 Å². The topological polar surface area (TPSA) is 55.1 Å². The third-order valence-corrected chi connectivity index (χ3v) is 1.21. The van der Waals surface area contributed by atoms with Crippen LogP contribution in [0.25, 0.3) is 0 Å². The predicted octanol–water partition coefficient (Wildman–Crippen LogP) is 0.936. The van der Waals surface area contributed by atoms with Gasteiger partial charge in [-0.1, -0.05) is 0 Å². The average molecular weight is 164 g/mol. The number of rotatable bonds is 3. The van der Waals surface area contributed by atoms with Crippen LogP contribution in [0.4, 0.5) is 0 Å². The van der Waals surface area contributed by atoms with Crippen molar-refractivity contribution in [3.8, 4) is 11.8 Å². The first-order valence-electron chi connectivity index (χ1n) is 3.35. The number of pyridine rings is 1. The highest BCUT2D eigenvalue weighted by Crippen LogP contribution is 2.13. The van der Waals surface area contributed by atoms with Crippen molar-refractivity contribution in [2.75, 3.05) is 13.9 Å². The summed E-state index contributed by atoms with van der Waals surface area (Å²) < 4.78 is 9.76. The van der Waals surface area contributed by atoms with Gasteiger partial charge in [0, 0.05) is 13.3 Å². The SMILES string of the molecule is COCOc1cccnc1C#N. The summed E-state index contributed by atoms with van der Waals surface area (Å²) in [6.45, 7) is 0.125. The number of hydrogen-bond acceptors (Lipinski definition) is 4. The zero-order valence-corrected chi connectivity index (χ0v) is 6.65. The quantitative estimate of drug-likeness (QED) is 0.624. The number of nitriles is 1. The average Bonchev–Trinajstić information content (AvgIpc) is 2.15. The van der Waals surface area contributed by atoms with E-state index in [2.05, 4.69) is 9.72 Å². The summed E-state index contributed by atoms with van der Waals surface area (Å²) in [5.41, 5.74) is 0.273. The Hall–Kier alpha value is -1.60. The molecule has 0 saturated heterocycles. The lowest BCUT2D eigenvalue weighted by Crippen LogP contribution is -2.01. The molecular formula is C8H8N2O2. The van der Waals surface area contributed by atoms with Crippen LogP contribution in [0.3, 0.4) is 0 Å². The van der Waals surface area contributed by atoms with E-state index in [0.29, 0.717) is 5.75 Å². The fraction of sp³-hybridized carbons (Fsp3) is 0.250. The van der Waals surface area contributed by atoms with Crippen molar-refractivity contribution < 1.29 is 9.47 Å². The van der Waals surface area contributed by atoms with Gasteiger partial charge in [-0.25, -0.2) is 4.98 Å². The van der Waals surface area contributed by atoms with Gasteiger partial charge in [0.2, 0.25) is 0 Å². The van der Waals surface area contributed by atoms with Crippen molar-refractivity contribution in [2.24, 2.45) is 0 Å². The molecule has 12 heavy (non-hydrogen) atoms. The lowest BCUT2D eigenvalue weighted by atomic mass is 10.3. The van der Waals surface area contributed by atoms with Gasteiger partial charge in [0.25, 0.3) is 0 Å². The van der Waals surface area contributed by atoms with Crippen LogP contribution in [-0.2, 0) is 4.74 Å². The van der Waals surface area contributed by atoms with E-state index < -0.39 is 0 Å². The van der Waals surface area contributed by atoms with E-state index in [1.54, 1.807) is 12.1 Å². The minimum atomic E-state index is 0.125. The molecule has 1 aromatic heterocycles. The lowest BCUT2D eigenvalue weighted by Gasteiger charge is -2.03. The maximum atomic E-state index is 8.58. The highest BCUT2D eigenvalue weighted by Gasteiger charge is 2.01. The first kappa shape index (κ1) is 8.50.